The number of aldehydes is 1. The summed E-state index contributed by atoms with van der Waals surface area (Å²) in [7, 11) is -2.05. The summed E-state index contributed by atoms with van der Waals surface area (Å²) in [5, 5.41) is 8.57. The van der Waals surface area contributed by atoms with Gasteiger partial charge < -0.3 is 14.3 Å². The van der Waals surface area contributed by atoms with Crippen LogP contribution in [0.2, 0.25) is 18.1 Å². The fraction of sp³-hybridized carbons (Fsp3) is 0.800. The number of carbonyl (C=O) groups is 2. The standard InChI is InChI=1S/C10H20O4Si/c1-10(2,3)15(4,5)14-8(7-11)6-9(12)13/h7-8H,6H2,1-5H3,(H,12,13)/t8-/m0/s1. The van der Waals surface area contributed by atoms with Crippen molar-refractivity contribution in [3.05, 3.63) is 0 Å². The van der Waals surface area contributed by atoms with Crippen molar-refractivity contribution in [2.75, 3.05) is 0 Å². The van der Waals surface area contributed by atoms with Crippen LogP contribution in [0.25, 0.3) is 0 Å². The van der Waals surface area contributed by atoms with E-state index in [0.717, 1.165) is 0 Å². The number of aliphatic carboxylic acids is 1. The summed E-state index contributed by atoms with van der Waals surface area (Å²) in [6.07, 6.45) is -0.492. The largest absolute Gasteiger partial charge is 0.481 e. The van der Waals surface area contributed by atoms with Gasteiger partial charge in [0.05, 0.1) is 6.42 Å². The molecular formula is C10H20O4Si. The maximum Gasteiger partial charge on any atom is 0.306 e. The minimum absolute atomic E-state index is 0.0211. The summed E-state index contributed by atoms with van der Waals surface area (Å²) in [6, 6.07) is 0. The molecule has 0 rings (SSSR count). The van der Waals surface area contributed by atoms with E-state index in [1.807, 2.05) is 33.9 Å². The zero-order chi connectivity index (χ0) is 12.3. The molecule has 0 saturated carbocycles. The summed E-state index contributed by atoms with van der Waals surface area (Å²) in [5.74, 6) is -1.01. The van der Waals surface area contributed by atoms with E-state index in [9.17, 15) is 9.59 Å². The highest BCUT2D eigenvalue weighted by atomic mass is 28.4. The summed E-state index contributed by atoms with van der Waals surface area (Å²) in [6.45, 7) is 10.1. The number of carbonyl (C=O) groups excluding carboxylic acids is 1. The molecule has 0 aromatic carbocycles. The van der Waals surface area contributed by atoms with Gasteiger partial charge in [0.25, 0.3) is 0 Å². The van der Waals surface area contributed by atoms with E-state index in [1.165, 1.54) is 0 Å². The SMILES string of the molecule is CC(C)(C)[Si](C)(C)O[C@H](C=O)CC(=O)O. The third kappa shape index (κ3) is 4.57. The molecule has 0 aliphatic heterocycles. The fourth-order valence-electron chi connectivity index (χ4n) is 0.845. The van der Waals surface area contributed by atoms with Crippen LogP contribution in [0.5, 0.6) is 0 Å². The number of hydrogen-bond donors (Lipinski definition) is 1. The quantitative estimate of drug-likeness (QED) is 0.582. The van der Waals surface area contributed by atoms with Crippen LogP contribution in [0.15, 0.2) is 0 Å². The lowest BCUT2D eigenvalue weighted by molar-refractivity contribution is -0.140. The van der Waals surface area contributed by atoms with E-state index in [2.05, 4.69) is 0 Å². The molecule has 0 aliphatic rings. The van der Waals surface area contributed by atoms with Crippen molar-refractivity contribution >= 4 is 20.6 Å². The van der Waals surface area contributed by atoms with Gasteiger partial charge in [0.15, 0.2) is 8.32 Å². The highest BCUT2D eigenvalue weighted by molar-refractivity contribution is 6.74. The van der Waals surface area contributed by atoms with Crippen LogP contribution in [0.4, 0.5) is 0 Å². The van der Waals surface area contributed by atoms with Gasteiger partial charge in [-0.2, -0.15) is 0 Å². The summed E-state index contributed by atoms with van der Waals surface area (Å²) < 4.78 is 5.65. The van der Waals surface area contributed by atoms with Crippen LogP contribution in [-0.2, 0) is 14.0 Å². The highest BCUT2D eigenvalue weighted by Crippen LogP contribution is 2.37. The molecule has 0 radical (unpaired) electrons. The molecule has 0 heterocycles. The molecule has 4 nitrogen and oxygen atoms in total. The van der Waals surface area contributed by atoms with Crippen LogP contribution < -0.4 is 0 Å². The molecular weight excluding hydrogens is 212 g/mol. The van der Waals surface area contributed by atoms with Gasteiger partial charge >= 0.3 is 5.97 Å². The molecule has 0 saturated heterocycles. The van der Waals surface area contributed by atoms with Gasteiger partial charge in [-0.1, -0.05) is 20.8 Å². The first-order valence-corrected chi connectivity index (χ1v) is 7.86. The molecule has 0 bridgehead atoms. The molecule has 0 amide bonds. The van der Waals surface area contributed by atoms with E-state index in [4.69, 9.17) is 9.53 Å². The Morgan fingerprint density at radius 2 is 1.93 bits per heavy atom. The van der Waals surface area contributed by atoms with Gasteiger partial charge in [0, 0.05) is 0 Å². The van der Waals surface area contributed by atoms with Gasteiger partial charge in [-0.15, -0.1) is 0 Å². The highest BCUT2D eigenvalue weighted by Gasteiger charge is 2.39. The molecule has 0 unspecified atom stereocenters. The third-order valence-corrected chi connectivity index (χ3v) is 7.28. The average Bonchev–Trinajstić information content (AvgIpc) is 1.99. The van der Waals surface area contributed by atoms with Gasteiger partial charge in [0.2, 0.25) is 0 Å². The monoisotopic (exact) mass is 232 g/mol. The summed E-state index contributed by atoms with van der Waals surface area (Å²) in [5.41, 5.74) is 0. The van der Waals surface area contributed by atoms with Gasteiger partial charge in [-0.25, -0.2) is 0 Å². The Hall–Kier alpha value is -0.683. The summed E-state index contributed by atoms with van der Waals surface area (Å²) >= 11 is 0. The normalized spacial score (nSPS) is 14.7. The van der Waals surface area contributed by atoms with Crippen LogP contribution in [0.1, 0.15) is 27.2 Å². The topological polar surface area (TPSA) is 63.6 Å². The second kappa shape index (κ2) is 4.89. The average molecular weight is 232 g/mol. The maximum absolute atomic E-state index is 10.7. The molecule has 15 heavy (non-hydrogen) atoms. The van der Waals surface area contributed by atoms with Crippen molar-refractivity contribution in [2.45, 2.75) is 51.4 Å². The molecule has 1 atom stereocenters. The smallest absolute Gasteiger partial charge is 0.306 e. The van der Waals surface area contributed by atoms with Crippen LogP contribution in [0, 0.1) is 0 Å². The molecule has 0 spiro atoms. The van der Waals surface area contributed by atoms with Crippen molar-refractivity contribution < 1.29 is 19.1 Å². The first-order valence-electron chi connectivity index (χ1n) is 4.95. The minimum Gasteiger partial charge on any atom is -0.481 e. The Labute approximate surface area is 91.8 Å². The Bertz CT molecular complexity index is 242. The number of carboxylic acid groups (broad SMARTS) is 1. The first kappa shape index (κ1) is 14.3. The Morgan fingerprint density at radius 1 is 1.47 bits per heavy atom. The van der Waals surface area contributed by atoms with Crippen molar-refractivity contribution in [3.63, 3.8) is 0 Å². The van der Waals surface area contributed by atoms with Crippen LogP contribution >= 0.6 is 0 Å². The molecule has 0 fully saturated rings. The lowest BCUT2D eigenvalue weighted by Crippen LogP contribution is -2.44. The molecule has 88 valence electrons. The summed E-state index contributed by atoms with van der Waals surface area (Å²) in [4.78, 5) is 21.2. The second-order valence-electron chi connectivity index (χ2n) is 5.15. The lowest BCUT2D eigenvalue weighted by Gasteiger charge is -2.37. The van der Waals surface area contributed by atoms with Crippen LogP contribution in [0.3, 0.4) is 0 Å². The van der Waals surface area contributed by atoms with E-state index in [-0.39, 0.29) is 11.5 Å². The molecule has 0 aromatic heterocycles. The van der Waals surface area contributed by atoms with Crippen LogP contribution in [-0.4, -0.2) is 31.8 Å². The van der Waals surface area contributed by atoms with E-state index in [0.29, 0.717) is 6.29 Å². The van der Waals surface area contributed by atoms with Crippen molar-refractivity contribution in [1.29, 1.82) is 0 Å². The Kier molecular flexibility index (Phi) is 4.67. The minimum atomic E-state index is -2.05. The molecule has 1 N–H and O–H groups in total. The van der Waals surface area contributed by atoms with Crippen molar-refractivity contribution in [3.8, 4) is 0 Å². The Balaban J connectivity index is 4.54. The predicted octanol–water partition coefficient (Wildman–Crippen LogP) is 2.05. The predicted molar refractivity (Wildman–Crippen MR) is 60.4 cm³/mol. The Morgan fingerprint density at radius 3 is 2.20 bits per heavy atom. The molecule has 0 aromatic rings. The van der Waals surface area contributed by atoms with Gasteiger partial charge in [0.1, 0.15) is 12.4 Å². The lowest BCUT2D eigenvalue weighted by atomic mass is 10.2. The maximum atomic E-state index is 10.7. The number of rotatable bonds is 5. The van der Waals surface area contributed by atoms with E-state index in [1.54, 1.807) is 0 Å². The number of hydrogen-bond acceptors (Lipinski definition) is 3. The molecule has 5 heteroatoms. The van der Waals surface area contributed by atoms with Crippen molar-refractivity contribution in [2.24, 2.45) is 0 Å². The van der Waals surface area contributed by atoms with Gasteiger partial charge in [-0.3, -0.25) is 4.79 Å². The van der Waals surface area contributed by atoms with E-state index >= 15 is 0 Å². The first-order chi connectivity index (χ1) is 6.60. The number of carboxylic acids is 1. The van der Waals surface area contributed by atoms with Crippen molar-refractivity contribution in [1.82, 2.24) is 0 Å². The zero-order valence-corrected chi connectivity index (χ0v) is 11.0. The molecule has 0 aliphatic carbocycles. The fourth-order valence-corrected chi connectivity index (χ4v) is 2.09. The van der Waals surface area contributed by atoms with E-state index < -0.39 is 20.4 Å². The third-order valence-electron chi connectivity index (χ3n) is 2.78. The van der Waals surface area contributed by atoms with Gasteiger partial charge in [-0.05, 0) is 18.1 Å². The second-order valence-corrected chi connectivity index (χ2v) is 9.91. The zero-order valence-electron chi connectivity index (χ0n) is 10.0.